The highest BCUT2D eigenvalue weighted by atomic mass is 127. The van der Waals surface area contributed by atoms with Gasteiger partial charge in [-0.2, -0.15) is 5.26 Å². The zero-order chi connectivity index (χ0) is 14.4. The van der Waals surface area contributed by atoms with Crippen molar-refractivity contribution in [1.29, 1.82) is 5.26 Å². The molecule has 1 aliphatic heterocycles. The van der Waals surface area contributed by atoms with Crippen LogP contribution in [0.5, 0.6) is 5.75 Å². The van der Waals surface area contributed by atoms with Gasteiger partial charge in [0.05, 0.1) is 9.13 Å². The Labute approximate surface area is 140 Å². The molecule has 2 aliphatic rings. The summed E-state index contributed by atoms with van der Waals surface area (Å²) in [6.45, 7) is 0. The Morgan fingerprint density at radius 1 is 1.15 bits per heavy atom. The van der Waals surface area contributed by atoms with E-state index in [-0.39, 0.29) is 11.2 Å². The summed E-state index contributed by atoms with van der Waals surface area (Å²) in [5.74, 6) is 0.462. The lowest BCUT2D eigenvalue weighted by Gasteiger charge is -2.12. The van der Waals surface area contributed by atoms with E-state index in [9.17, 15) is 15.2 Å². The first-order valence-corrected chi connectivity index (χ1v) is 7.67. The zero-order valence-corrected chi connectivity index (χ0v) is 14.1. The second-order valence-electron chi connectivity index (χ2n) is 4.12. The van der Waals surface area contributed by atoms with Crippen LogP contribution >= 0.6 is 45.2 Å². The number of halogens is 2. The number of phenols is 1. The molecule has 1 heterocycles. The van der Waals surface area contributed by atoms with E-state index in [1.807, 2.05) is 45.2 Å². The van der Waals surface area contributed by atoms with Crippen molar-refractivity contribution in [2.75, 3.05) is 0 Å². The first-order valence-electron chi connectivity index (χ1n) is 5.51. The van der Waals surface area contributed by atoms with E-state index in [1.165, 1.54) is 12.1 Å². The second kappa shape index (κ2) is 4.89. The largest absolute Gasteiger partial charge is 0.507 e. The maximum Gasteiger partial charge on any atom is 0.195 e. The molecular weight excluding hydrogens is 484 g/mol. The molecular formula is C14H5I2NO3. The van der Waals surface area contributed by atoms with Crippen LogP contribution in [0.1, 0.15) is 5.56 Å². The van der Waals surface area contributed by atoms with Crippen LogP contribution in [0.4, 0.5) is 0 Å². The van der Waals surface area contributed by atoms with Gasteiger partial charge in [-0.3, -0.25) is 4.79 Å². The Hall–Kier alpha value is -1.34. The normalized spacial score (nSPS) is 10.8. The summed E-state index contributed by atoms with van der Waals surface area (Å²) in [5, 5.41) is 19.8. The van der Waals surface area contributed by atoms with Gasteiger partial charge in [0.15, 0.2) is 16.8 Å². The molecule has 6 heteroatoms. The van der Waals surface area contributed by atoms with Gasteiger partial charge in [0, 0.05) is 10.9 Å². The van der Waals surface area contributed by atoms with Gasteiger partial charge >= 0.3 is 0 Å². The lowest BCUT2D eigenvalue weighted by atomic mass is 10.0. The SMILES string of the molecule is N#Cc1c2ccc(=O)c(I)c-2oc2c(I)c(O)ccc12. The Morgan fingerprint density at radius 3 is 2.60 bits per heavy atom. The maximum absolute atomic E-state index is 11.7. The molecule has 1 N–H and O–H groups in total. The molecule has 0 saturated heterocycles. The number of nitrogens with zero attached hydrogens (tertiary/aromatic N) is 1. The first kappa shape index (κ1) is 13.6. The lowest BCUT2D eigenvalue weighted by Crippen LogP contribution is -2.07. The summed E-state index contributed by atoms with van der Waals surface area (Å²) in [7, 11) is 0. The van der Waals surface area contributed by atoms with E-state index in [0.717, 1.165) is 0 Å². The quantitative estimate of drug-likeness (QED) is 0.387. The molecule has 0 atom stereocenters. The average Bonchev–Trinajstić information content (AvgIpc) is 2.45. The third-order valence-electron chi connectivity index (χ3n) is 2.99. The number of benzene rings is 2. The number of hydrogen-bond acceptors (Lipinski definition) is 4. The van der Waals surface area contributed by atoms with Crippen LogP contribution < -0.4 is 5.43 Å². The van der Waals surface area contributed by atoms with Gasteiger partial charge in [-0.1, -0.05) is 0 Å². The maximum atomic E-state index is 11.7. The third kappa shape index (κ3) is 1.88. The molecule has 0 bridgehead atoms. The van der Waals surface area contributed by atoms with Gasteiger partial charge in [-0.15, -0.1) is 0 Å². The van der Waals surface area contributed by atoms with Crippen molar-refractivity contribution in [3.8, 4) is 23.1 Å². The minimum Gasteiger partial charge on any atom is -0.507 e. The fourth-order valence-electron chi connectivity index (χ4n) is 2.04. The van der Waals surface area contributed by atoms with Gasteiger partial charge in [-0.05, 0) is 69.4 Å². The number of fused-ring (bicyclic) bond motifs is 2. The lowest BCUT2D eigenvalue weighted by molar-refractivity contribution is 0.470. The predicted molar refractivity (Wildman–Crippen MR) is 90.9 cm³/mol. The highest BCUT2D eigenvalue weighted by Gasteiger charge is 2.21. The Kier molecular flexibility index (Phi) is 3.33. The van der Waals surface area contributed by atoms with E-state index in [1.54, 1.807) is 12.1 Å². The number of aromatic hydroxyl groups is 1. The predicted octanol–water partition coefficient (Wildman–Crippen LogP) is 3.68. The monoisotopic (exact) mass is 489 g/mol. The summed E-state index contributed by atoms with van der Waals surface area (Å²) in [6, 6.07) is 8.35. The van der Waals surface area contributed by atoms with Crippen molar-refractivity contribution >= 4 is 56.2 Å². The summed E-state index contributed by atoms with van der Waals surface area (Å²) in [5.41, 5.74) is 1.31. The van der Waals surface area contributed by atoms with E-state index in [4.69, 9.17) is 4.42 Å². The third-order valence-corrected chi connectivity index (χ3v) is 5.06. The molecule has 0 unspecified atom stereocenters. The summed E-state index contributed by atoms with van der Waals surface area (Å²) in [6.07, 6.45) is 0. The molecule has 98 valence electrons. The summed E-state index contributed by atoms with van der Waals surface area (Å²) < 4.78 is 6.73. The van der Waals surface area contributed by atoms with E-state index in [0.29, 0.717) is 35.0 Å². The molecule has 20 heavy (non-hydrogen) atoms. The number of nitriles is 1. The number of hydrogen-bond donors (Lipinski definition) is 1. The number of phenolic OH excluding ortho intramolecular Hbond substituents is 1. The van der Waals surface area contributed by atoms with Crippen LogP contribution in [0.3, 0.4) is 0 Å². The van der Waals surface area contributed by atoms with Crippen molar-refractivity contribution in [2.24, 2.45) is 0 Å². The van der Waals surface area contributed by atoms with Gasteiger partial charge < -0.3 is 9.52 Å². The minimum atomic E-state index is -0.153. The molecule has 1 aromatic rings. The molecule has 0 saturated carbocycles. The molecule has 0 amide bonds. The second-order valence-corrected chi connectivity index (χ2v) is 6.28. The molecule has 0 spiro atoms. The Bertz CT molecular complexity index is 924. The fourth-order valence-corrected chi connectivity index (χ4v) is 3.21. The molecule has 1 aliphatic carbocycles. The average molecular weight is 489 g/mol. The minimum absolute atomic E-state index is 0.0818. The highest BCUT2D eigenvalue weighted by molar-refractivity contribution is 14.1. The van der Waals surface area contributed by atoms with Crippen LogP contribution in [-0.4, -0.2) is 5.11 Å². The van der Waals surface area contributed by atoms with Crippen LogP contribution in [-0.2, 0) is 0 Å². The van der Waals surface area contributed by atoms with Crippen LogP contribution in [0.15, 0.2) is 33.5 Å². The van der Waals surface area contributed by atoms with Gasteiger partial charge in [0.25, 0.3) is 0 Å². The highest BCUT2D eigenvalue weighted by Crippen LogP contribution is 2.38. The molecule has 3 rings (SSSR count). The first-order chi connectivity index (χ1) is 9.54. The van der Waals surface area contributed by atoms with Crippen molar-refractivity contribution < 1.29 is 9.52 Å². The van der Waals surface area contributed by atoms with Crippen molar-refractivity contribution in [2.45, 2.75) is 0 Å². The molecule has 4 nitrogen and oxygen atoms in total. The van der Waals surface area contributed by atoms with Crippen molar-refractivity contribution in [3.63, 3.8) is 0 Å². The van der Waals surface area contributed by atoms with Crippen LogP contribution in [0, 0.1) is 18.5 Å². The van der Waals surface area contributed by atoms with Gasteiger partial charge in [0.2, 0.25) is 0 Å². The smallest absolute Gasteiger partial charge is 0.195 e. The topological polar surface area (TPSA) is 74.2 Å². The van der Waals surface area contributed by atoms with E-state index in [2.05, 4.69) is 6.07 Å². The Morgan fingerprint density at radius 2 is 1.90 bits per heavy atom. The van der Waals surface area contributed by atoms with Crippen LogP contribution in [0.25, 0.3) is 22.3 Å². The zero-order valence-electron chi connectivity index (χ0n) is 9.78. The fraction of sp³-hybridized carbons (Fsp3) is 0. The molecule has 1 aromatic carbocycles. The molecule has 0 fully saturated rings. The van der Waals surface area contributed by atoms with E-state index >= 15 is 0 Å². The van der Waals surface area contributed by atoms with E-state index < -0.39 is 0 Å². The van der Waals surface area contributed by atoms with Crippen molar-refractivity contribution in [3.05, 3.63) is 47.2 Å². The molecule has 0 aromatic heterocycles. The van der Waals surface area contributed by atoms with Gasteiger partial charge in [-0.25, -0.2) is 0 Å². The summed E-state index contributed by atoms with van der Waals surface area (Å²) >= 11 is 3.86. The van der Waals surface area contributed by atoms with Gasteiger partial charge in [0.1, 0.15) is 15.4 Å². The summed E-state index contributed by atoms with van der Waals surface area (Å²) in [4.78, 5) is 11.7. The molecule has 0 radical (unpaired) electrons. The Balaban J connectivity index is 2.65. The van der Waals surface area contributed by atoms with Crippen molar-refractivity contribution in [1.82, 2.24) is 0 Å². The standard InChI is InChI=1S/C14H5I2NO3/c15-11-9(18)3-1-6-8(5-17)7-2-4-10(19)12(16)14(7)20-13(6)11/h1-4,18H. The van der Waals surface area contributed by atoms with Crippen LogP contribution in [0.2, 0.25) is 0 Å². The number of rotatable bonds is 0.